The predicted molar refractivity (Wildman–Crippen MR) is 65.7 cm³/mol. The highest BCUT2D eigenvalue weighted by Crippen LogP contribution is 2.59. The van der Waals surface area contributed by atoms with E-state index in [9.17, 15) is 0 Å². The van der Waals surface area contributed by atoms with Crippen molar-refractivity contribution in [2.45, 2.75) is 51.7 Å². The second-order valence-electron chi connectivity index (χ2n) is 5.68. The number of hydrogen-bond donors (Lipinski definition) is 0. The summed E-state index contributed by atoms with van der Waals surface area (Å²) in [6.45, 7) is 9.72. The summed E-state index contributed by atoms with van der Waals surface area (Å²) < 4.78 is 0.565. The summed E-state index contributed by atoms with van der Waals surface area (Å²) in [4.78, 5) is 0. The van der Waals surface area contributed by atoms with Crippen LogP contribution >= 0.6 is 11.8 Å². The van der Waals surface area contributed by atoms with Gasteiger partial charge in [-0.25, -0.2) is 0 Å². The summed E-state index contributed by atoms with van der Waals surface area (Å²) in [6, 6.07) is 0. The lowest BCUT2D eigenvalue weighted by molar-refractivity contribution is 0.270. The van der Waals surface area contributed by atoms with Crippen molar-refractivity contribution in [1.29, 1.82) is 0 Å². The summed E-state index contributed by atoms with van der Waals surface area (Å²) in [7, 11) is 0. The van der Waals surface area contributed by atoms with Crippen LogP contribution in [0.2, 0.25) is 0 Å². The predicted octanol–water partition coefficient (Wildman–Crippen LogP) is 4.20. The van der Waals surface area contributed by atoms with E-state index in [-0.39, 0.29) is 0 Å². The Morgan fingerprint density at radius 1 is 1.14 bits per heavy atom. The zero-order valence-electron chi connectivity index (χ0n) is 10.0. The van der Waals surface area contributed by atoms with Gasteiger partial charge in [-0.05, 0) is 35.8 Å². The topological polar surface area (TPSA) is 0 Å². The van der Waals surface area contributed by atoms with Gasteiger partial charge in [0.2, 0.25) is 0 Å². The van der Waals surface area contributed by atoms with Gasteiger partial charge in [-0.2, -0.15) is 11.8 Å². The third kappa shape index (κ3) is 1.52. The normalized spacial score (nSPS) is 45.4. The minimum absolute atomic E-state index is 0.565. The first kappa shape index (κ1) is 10.9. The molecule has 0 spiro atoms. The second-order valence-corrected chi connectivity index (χ2v) is 7.35. The Kier molecular flexibility index (Phi) is 2.90. The highest BCUT2D eigenvalue weighted by Gasteiger charge is 2.52. The van der Waals surface area contributed by atoms with Crippen LogP contribution in [-0.2, 0) is 0 Å². The summed E-state index contributed by atoms with van der Waals surface area (Å²) >= 11 is 2.23. The fourth-order valence-electron chi connectivity index (χ4n) is 3.97. The molecule has 1 aliphatic heterocycles. The molecule has 0 aromatic carbocycles. The molecule has 1 saturated heterocycles. The molecule has 2 aliphatic rings. The number of fused-ring (bicyclic) bond motifs is 1. The lowest BCUT2D eigenvalue weighted by Gasteiger charge is -2.30. The van der Waals surface area contributed by atoms with Gasteiger partial charge in [0.1, 0.15) is 0 Å². The summed E-state index contributed by atoms with van der Waals surface area (Å²) in [5.41, 5.74) is 0. The van der Waals surface area contributed by atoms with Gasteiger partial charge in [-0.15, -0.1) is 0 Å². The van der Waals surface area contributed by atoms with E-state index in [1.165, 1.54) is 25.0 Å². The monoisotopic (exact) mass is 212 g/mol. The Bertz CT molecular complexity index is 209. The number of rotatable bonds is 2. The Morgan fingerprint density at radius 2 is 1.79 bits per heavy atom. The van der Waals surface area contributed by atoms with Gasteiger partial charge in [0.15, 0.2) is 0 Å². The molecule has 2 rings (SSSR count). The van der Waals surface area contributed by atoms with E-state index in [0.717, 1.165) is 23.7 Å². The molecule has 1 heteroatoms. The molecule has 0 bridgehead atoms. The first-order chi connectivity index (χ1) is 6.60. The fraction of sp³-hybridized carbons (Fsp3) is 1.00. The van der Waals surface area contributed by atoms with Gasteiger partial charge in [0.25, 0.3) is 0 Å². The van der Waals surface area contributed by atoms with E-state index in [1.54, 1.807) is 0 Å². The highest BCUT2D eigenvalue weighted by molar-refractivity contribution is 8.00. The van der Waals surface area contributed by atoms with Crippen LogP contribution in [0.5, 0.6) is 0 Å². The van der Waals surface area contributed by atoms with E-state index in [4.69, 9.17) is 0 Å². The van der Waals surface area contributed by atoms with Crippen molar-refractivity contribution < 1.29 is 0 Å². The van der Waals surface area contributed by atoms with Crippen molar-refractivity contribution in [3.8, 4) is 0 Å². The smallest absolute Gasteiger partial charge is 0.0137 e. The maximum Gasteiger partial charge on any atom is 0.0137 e. The van der Waals surface area contributed by atoms with E-state index in [2.05, 4.69) is 39.5 Å². The minimum Gasteiger partial charge on any atom is -0.155 e. The van der Waals surface area contributed by atoms with Gasteiger partial charge < -0.3 is 0 Å². The van der Waals surface area contributed by atoms with Crippen molar-refractivity contribution in [2.24, 2.45) is 23.7 Å². The average Bonchev–Trinajstić information content (AvgIpc) is 2.65. The van der Waals surface area contributed by atoms with Crippen molar-refractivity contribution >= 4 is 11.8 Å². The van der Waals surface area contributed by atoms with Gasteiger partial charge in [0.05, 0.1) is 0 Å². The molecular weight excluding hydrogens is 188 g/mol. The molecule has 0 aromatic rings. The van der Waals surface area contributed by atoms with E-state index in [0.29, 0.717) is 4.75 Å². The van der Waals surface area contributed by atoms with E-state index in [1.807, 2.05) is 0 Å². The Morgan fingerprint density at radius 3 is 2.36 bits per heavy atom. The zero-order chi connectivity index (χ0) is 10.3. The summed E-state index contributed by atoms with van der Waals surface area (Å²) in [5, 5.41) is 0. The fourth-order valence-corrected chi connectivity index (χ4v) is 5.63. The maximum absolute atomic E-state index is 2.48. The maximum atomic E-state index is 2.48. The highest BCUT2D eigenvalue weighted by atomic mass is 32.2. The third-order valence-corrected chi connectivity index (χ3v) is 6.25. The molecule has 4 unspecified atom stereocenters. The lowest BCUT2D eigenvalue weighted by Crippen LogP contribution is -2.29. The van der Waals surface area contributed by atoms with Gasteiger partial charge >= 0.3 is 0 Å². The molecule has 2 fully saturated rings. The van der Waals surface area contributed by atoms with Crippen LogP contribution in [0.3, 0.4) is 0 Å². The largest absolute Gasteiger partial charge is 0.155 e. The van der Waals surface area contributed by atoms with Crippen molar-refractivity contribution in [3.63, 3.8) is 0 Å². The Balaban J connectivity index is 2.19. The summed E-state index contributed by atoms with van der Waals surface area (Å²) in [5.74, 6) is 5.56. The van der Waals surface area contributed by atoms with E-state index >= 15 is 0 Å². The third-order valence-electron chi connectivity index (χ3n) is 4.68. The molecule has 1 saturated carbocycles. The van der Waals surface area contributed by atoms with E-state index < -0.39 is 0 Å². The Labute approximate surface area is 93.2 Å². The number of thioether (sulfide) groups is 1. The zero-order valence-corrected chi connectivity index (χ0v) is 10.9. The molecule has 14 heavy (non-hydrogen) atoms. The van der Waals surface area contributed by atoms with Crippen LogP contribution in [0, 0.1) is 23.7 Å². The van der Waals surface area contributed by atoms with Crippen molar-refractivity contribution in [3.05, 3.63) is 0 Å². The molecular formula is C13H24S. The molecule has 1 heterocycles. The molecule has 82 valence electrons. The molecule has 0 amide bonds. The average molecular weight is 212 g/mol. The molecule has 0 N–H and O–H groups in total. The van der Waals surface area contributed by atoms with Gasteiger partial charge in [-0.1, -0.05) is 40.5 Å². The summed E-state index contributed by atoms with van der Waals surface area (Å²) in [6.07, 6.45) is 4.34. The van der Waals surface area contributed by atoms with Crippen LogP contribution in [0.15, 0.2) is 0 Å². The molecule has 0 nitrogen and oxygen atoms in total. The molecule has 1 aliphatic carbocycles. The molecule has 4 atom stereocenters. The molecule has 0 aromatic heterocycles. The van der Waals surface area contributed by atoms with Crippen LogP contribution in [0.1, 0.15) is 47.0 Å². The SMILES string of the molecule is CCC1CC(CC)C2C1CSC2(C)C. The van der Waals surface area contributed by atoms with Crippen LogP contribution in [-0.4, -0.2) is 10.5 Å². The lowest BCUT2D eigenvalue weighted by atomic mass is 9.79. The number of hydrogen-bond acceptors (Lipinski definition) is 1. The van der Waals surface area contributed by atoms with Gasteiger partial charge in [-0.3, -0.25) is 0 Å². The van der Waals surface area contributed by atoms with Crippen molar-refractivity contribution in [2.75, 3.05) is 5.75 Å². The first-order valence-corrected chi connectivity index (χ1v) is 7.22. The van der Waals surface area contributed by atoms with Crippen LogP contribution in [0.25, 0.3) is 0 Å². The second kappa shape index (κ2) is 3.73. The molecule has 0 radical (unpaired) electrons. The van der Waals surface area contributed by atoms with Crippen LogP contribution in [0.4, 0.5) is 0 Å². The minimum atomic E-state index is 0.565. The van der Waals surface area contributed by atoms with Crippen molar-refractivity contribution in [1.82, 2.24) is 0 Å². The quantitative estimate of drug-likeness (QED) is 0.661. The Hall–Kier alpha value is 0.350. The first-order valence-electron chi connectivity index (χ1n) is 6.24. The van der Waals surface area contributed by atoms with Crippen LogP contribution < -0.4 is 0 Å². The standard InChI is InChI=1S/C13H24S/c1-5-9-7-10(6-2)12-11(9)8-14-13(12,3)4/h9-12H,5-8H2,1-4H3. The van der Waals surface area contributed by atoms with Gasteiger partial charge in [0, 0.05) is 4.75 Å².